The van der Waals surface area contributed by atoms with Crippen molar-refractivity contribution in [3.8, 4) is 0 Å². The summed E-state index contributed by atoms with van der Waals surface area (Å²) in [6, 6.07) is 0. The van der Waals surface area contributed by atoms with E-state index in [2.05, 4.69) is 22.0 Å². The normalized spacial score (nSPS) is 10.4. The predicted molar refractivity (Wildman–Crippen MR) is 52.7 cm³/mol. The van der Waals surface area contributed by atoms with Gasteiger partial charge in [0.2, 0.25) is 0 Å². The Morgan fingerprint density at radius 2 is 2.45 bits per heavy atom. The molecule has 0 aliphatic heterocycles. The summed E-state index contributed by atoms with van der Waals surface area (Å²) in [7, 11) is 0. The zero-order valence-electron chi connectivity index (χ0n) is 6.76. The van der Waals surface area contributed by atoms with Crippen LogP contribution in [0.1, 0.15) is 5.69 Å². The number of aromatic nitrogens is 2. The van der Waals surface area contributed by atoms with Crippen LogP contribution in [0.25, 0.3) is 0 Å². The van der Waals surface area contributed by atoms with Crippen molar-refractivity contribution in [3.63, 3.8) is 0 Å². The molecule has 62 valence electrons. The number of thioether (sulfide) groups is 1. The summed E-state index contributed by atoms with van der Waals surface area (Å²) >= 11 is 6.92. The Kier molecular flexibility index (Phi) is 3.20. The largest absolute Gasteiger partial charge is 0.335 e. The average molecular weight is 188 g/mol. The molecule has 0 aromatic carbocycles. The lowest BCUT2D eigenvalue weighted by Gasteiger charge is -1.97. The molecule has 0 aliphatic carbocycles. The molecule has 11 heavy (non-hydrogen) atoms. The molecule has 2 nitrogen and oxygen atoms in total. The predicted octanol–water partition coefficient (Wildman–Crippen LogP) is 2.22. The standard InChI is InChI=1S/C7H12N2S2/c1-6-5-9(3-4-11-2)7(10)8-6/h5H,3-4H2,1-2H3,(H,8,10). The Balaban J connectivity index is 2.70. The van der Waals surface area contributed by atoms with E-state index in [1.54, 1.807) is 0 Å². The monoisotopic (exact) mass is 188 g/mol. The molecule has 0 saturated heterocycles. The van der Waals surface area contributed by atoms with Gasteiger partial charge in [-0.2, -0.15) is 11.8 Å². The van der Waals surface area contributed by atoms with Gasteiger partial charge in [0.25, 0.3) is 0 Å². The Morgan fingerprint density at radius 3 is 2.91 bits per heavy atom. The number of aromatic amines is 1. The fourth-order valence-corrected chi connectivity index (χ4v) is 1.61. The van der Waals surface area contributed by atoms with Gasteiger partial charge in [0.15, 0.2) is 4.77 Å². The van der Waals surface area contributed by atoms with Gasteiger partial charge >= 0.3 is 0 Å². The van der Waals surface area contributed by atoms with Crippen molar-refractivity contribution in [2.45, 2.75) is 13.5 Å². The second-order valence-corrected chi connectivity index (χ2v) is 3.80. The molecule has 1 aromatic rings. The van der Waals surface area contributed by atoms with Crippen LogP contribution >= 0.6 is 24.0 Å². The molecule has 0 saturated carbocycles. The number of nitrogens with zero attached hydrogens (tertiary/aromatic N) is 1. The molecule has 1 aromatic heterocycles. The summed E-state index contributed by atoms with van der Waals surface area (Å²) < 4.78 is 2.90. The van der Waals surface area contributed by atoms with Crippen molar-refractivity contribution >= 4 is 24.0 Å². The van der Waals surface area contributed by atoms with Crippen molar-refractivity contribution in [1.82, 2.24) is 9.55 Å². The second-order valence-electron chi connectivity index (χ2n) is 2.43. The lowest BCUT2D eigenvalue weighted by Crippen LogP contribution is -1.97. The topological polar surface area (TPSA) is 20.7 Å². The van der Waals surface area contributed by atoms with E-state index >= 15 is 0 Å². The first-order valence-electron chi connectivity index (χ1n) is 3.49. The highest BCUT2D eigenvalue weighted by molar-refractivity contribution is 7.98. The number of hydrogen-bond acceptors (Lipinski definition) is 2. The highest BCUT2D eigenvalue weighted by Gasteiger charge is 1.94. The lowest BCUT2D eigenvalue weighted by molar-refractivity contribution is 0.758. The van der Waals surface area contributed by atoms with Gasteiger partial charge in [-0.05, 0) is 25.4 Å². The molecule has 0 amide bonds. The van der Waals surface area contributed by atoms with Crippen LogP contribution in [-0.2, 0) is 6.54 Å². The third-order valence-electron chi connectivity index (χ3n) is 1.45. The molecule has 0 aliphatic rings. The molecular weight excluding hydrogens is 176 g/mol. The maximum atomic E-state index is 5.08. The number of nitrogens with one attached hydrogen (secondary N) is 1. The van der Waals surface area contributed by atoms with E-state index in [1.807, 2.05) is 18.7 Å². The molecule has 0 fully saturated rings. The van der Waals surface area contributed by atoms with E-state index in [-0.39, 0.29) is 0 Å². The Hall–Kier alpha value is -0.220. The first-order chi connectivity index (χ1) is 5.24. The molecule has 0 spiro atoms. The van der Waals surface area contributed by atoms with E-state index < -0.39 is 0 Å². The van der Waals surface area contributed by atoms with Gasteiger partial charge < -0.3 is 9.55 Å². The van der Waals surface area contributed by atoms with Crippen LogP contribution < -0.4 is 0 Å². The molecule has 1 N–H and O–H groups in total. The number of hydrogen-bond donors (Lipinski definition) is 1. The van der Waals surface area contributed by atoms with Crippen LogP contribution in [0, 0.1) is 11.7 Å². The van der Waals surface area contributed by atoms with Gasteiger partial charge in [-0.15, -0.1) is 0 Å². The zero-order chi connectivity index (χ0) is 8.27. The smallest absolute Gasteiger partial charge is 0.177 e. The Bertz CT molecular complexity index is 274. The minimum atomic E-state index is 0.830. The third-order valence-corrected chi connectivity index (χ3v) is 2.38. The summed E-state index contributed by atoms with van der Waals surface area (Å²) in [4.78, 5) is 3.08. The molecule has 0 bridgehead atoms. The molecular formula is C7H12N2S2. The number of aryl methyl sites for hydroxylation is 2. The fourth-order valence-electron chi connectivity index (χ4n) is 0.921. The van der Waals surface area contributed by atoms with E-state index in [9.17, 15) is 0 Å². The van der Waals surface area contributed by atoms with E-state index in [0.29, 0.717) is 0 Å². The lowest BCUT2D eigenvalue weighted by atomic mass is 10.6. The third kappa shape index (κ3) is 2.38. The minimum Gasteiger partial charge on any atom is -0.335 e. The summed E-state index contributed by atoms with van der Waals surface area (Å²) in [5.41, 5.74) is 1.14. The number of rotatable bonds is 3. The maximum absolute atomic E-state index is 5.08. The summed E-state index contributed by atoms with van der Waals surface area (Å²) in [6.45, 7) is 3.02. The van der Waals surface area contributed by atoms with Crippen LogP contribution in [0.5, 0.6) is 0 Å². The average Bonchev–Trinajstić information content (AvgIpc) is 2.26. The van der Waals surface area contributed by atoms with Crippen molar-refractivity contribution in [2.24, 2.45) is 0 Å². The number of H-pyrrole nitrogens is 1. The summed E-state index contributed by atoms with van der Waals surface area (Å²) in [5.74, 6) is 1.12. The molecule has 4 heteroatoms. The van der Waals surface area contributed by atoms with Crippen LogP contribution in [0.3, 0.4) is 0 Å². The maximum Gasteiger partial charge on any atom is 0.177 e. The molecule has 1 heterocycles. The second kappa shape index (κ2) is 3.97. The van der Waals surface area contributed by atoms with Crippen molar-refractivity contribution < 1.29 is 0 Å². The highest BCUT2D eigenvalue weighted by atomic mass is 32.2. The number of imidazole rings is 1. The van der Waals surface area contributed by atoms with Gasteiger partial charge in [0.1, 0.15) is 0 Å². The zero-order valence-corrected chi connectivity index (χ0v) is 8.39. The molecule has 0 unspecified atom stereocenters. The van der Waals surface area contributed by atoms with Gasteiger partial charge in [-0.3, -0.25) is 0 Å². The quantitative estimate of drug-likeness (QED) is 0.734. The van der Waals surface area contributed by atoms with Gasteiger partial charge in [-0.1, -0.05) is 0 Å². The van der Waals surface area contributed by atoms with Gasteiger partial charge in [-0.25, -0.2) is 0 Å². The Morgan fingerprint density at radius 1 is 1.73 bits per heavy atom. The van der Waals surface area contributed by atoms with Crippen LogP contribution in [0.15, 0.2) is 6.20 Å². The Labute approximate surface area is 76.0 Å². The van der Waals surface area contributed by atoms with Crippen molar-refractivity contribution in [1.29, 1.82) is 0 Å². The highest BCUT2D eigenvalue weighted by Crippen LogP contribution is 2.00. The molecule has 0 atom stereocenters. The molecule has 0 radical (unpaired) electrons. The fraction of sp³-hybridized carbons (Fsp3) is 0.571. The van der Waals surface area contributed by atoms with Crippen molar-refractivity contribution in [2.75, 3.05) is 12.0 Å². The van der Waals surface area contributed by atoms with Crippen LogP contribution in [0.2, 0.25) is 0 Å². The SMILES string of the molecule is CSCCn1cc(C)[nH]c1=S. The molecule has 1 rings (SSSR count). The van der Waals surface area contributed by atoms with Crippen LogP contribution in [0.4, 0.5) is 0 Å². The van der Waals surface area contributed by atoms with Gasteiger partial charge in [0.05, 0.1) is 0 Å². The van der Waals surface area contributed by atoms with E-state index in [4.69, 9.17) is 12.2 Å². The van der Waals surface area contributed by atoms with Crippen molar-refractivity contribution in [3.05, 3.63) is 16.7 Å². The first kappa shape index (κ1) is 8.87. The first-order valence-corrected chi connectivity index (χ1v) is 5.29. The van der Waals surface area contributed by atoms with E-state index in [0.717, 1.165) is 22.8 Å². The van der Waals surface area contributed by atoms with Gasteiger partial charge in [0, 0.05) is 24.2 Å². The van der Waals surface area contributed by atoms with Crippen LogP contribution in [-0.4, -0.2) is 21.6 Å². The minimum absolute atomic E-state index is 0.830. The summed E-state index contributed by atoms with van der Waals surface area (Å²) in [5, 5.41) is 0. The summed E-state index contributed by atoms with van der Waals surface area (Å²) in [6.07, 6.45) is 4.15. The van der Waals surface area contributed by atoms with E-state index in [1.165, 1.54) is 0 Å².